The monoisotopic (exact) mass is 220 g/mol. The standard InChI is InChI=1S/C12H10F2N2/c1-7-6-16-12(15)5-10(7)9-3-2-8(13)4-11(9)14/h2-6H,1H3,(H2,15,16). The number of hydrogen-bond acceptors (Lipinski definition) is 2. The van der Waals surface area contributed by atoms with E-state index in [2.05, 4.69) is 4.98 Å². The molecule has 2 nitrogen and oxygen atoms in total. The van der Waals surface area contributed by atoms with E-state index >= 15 is 0 Å². The molecule has 0 aliphatic heterocycles. The average molecular weight is 220 g/mol. The lowest BCUT2D eigenvalue weighted by Crippen LogP contribution is -1.94. The number of rotatable bonds is 1. The van der Waals surface area contributed by atoms with Crippen LogP contribution in [0, 0.1) is 18.6 Å². The van der Waals surface area contributed by atoms with Crippen LogP contribution in [0.5, 0.6) is 0 Å². The Labute approximate surface area is 91.7 Å². The molecule has 1 heterocycles. The van der Waals surface area contributed by atoms with Gasteiger partial charge in [-0.2, -0.15) is 0 Å². The van der Waals surface area contributed by atoms with Gasteiger partial charge < -0.3 is 5.73 Å². The van der Waals surface area contributed by atoms with Gasteiger partial charge in [-0.3, -0.25) is 0 Å². The summed E-state index contributed by atoms with van der Waals surface area (Å²) in [6.45, 7) is 1.80. The number of pyridine rings is 1. The highest BCUT2D eigenvalue weighted by Gasteiger charge is 2.09. The van der Waals surface area contributed by atoms with Crippen LogP contribution in [0.1, 0.15) is 5.56 Å². The smallest absolute Gasteiger partial charge is 0.133 e. The highest BCUT2D eigenvalue weighted by molar-refractivity contribution is 5.69. The molecule has 0 unspecified atom stereocenters. The third-order valence-corrected chi connectivity index (χ3v) is 2.35. The van der Waals surface area contributed by atoms with Gasteiger partial charge in [-0.05, 0) is 36.2 Å². The molecule has 1 aromatic carbocycles. The Morgan fingerprint density at radius 3 is 2.56 bits per heavy atom. The number of aromatic nitrogens is 1. The first-order chi connectivity index (χ1) is 7.58. The molecule has 0 bridgehead atoms. The molecule has 4 heteroatoms. The van der Waals surface area contributed by atoms with E-state index in [1.165, 1.54) is 12.1 Å². The SMILES string of the molecule is Cc1cnc(N)cc1-c1ccc(F)cc1F. The van der Waals surface area contributed by atoms with Crippen molar-refractivity contribution >= 4 is 5.82 Å². The molecule has 1 aromatic heterocycles. The maximum Gasteiger partial charge on any atom is 0.133 e. The largest absolute Gasteiger partial charge is 0.384 e. The first kappa shape index (κ1) is 10.5. The lowest BCUT2D eigenvalue weighted by molar-refractivity contribution is 0.585. The number of hydrogen-bond donors (Lipinski definition) is 1. The first-order valence-electron chi connectivity index (χ1n) is 4.75. The minimum Gasteiger partial charge on any atom is -0.384 e. The Morgan fingerprint density at radius 1 is 1.12 bits per heavy atom. The van der Waals surface area contributed by atoms with Crippen LogP contribution in [0.4, 0.5) is 14.6 Å². The zero-order valence-corrected chi connectivity index (χ0v) is 8.67. The van der Waals surface area contributed by atoms with E-state index in [0.29, 0.717) is 16.9 Å². The van der Waals surface area contributed by atoms with Crippen LogP contribution in [-0.2, 0) is 0 Å². The molecular formula is C12H10F2N2. The molecule has 0 radical (unpaired) electrons. The van der Waals surface area contributed by atoms with E-state index in [0.717, 1.165) is 11.6 Å². The van der Waals surface area contributed by atoms with Gasteiger partial charge in [-0.15, -0.1) is 0 Å². The third-order valence-electron chi connectivity index (χ3n) is 2.35. The van der Waals surface area contributed by atoms with Gasteiger partial charge >= 0.3 is 0 Å². The van der Waals surface area contributed by atoms with Crippen LogP contribution < -0.4 is 5.73 Å². The fraction of sp³-hybridized carbons (Fsp3) is 0.0833. The van der Waals surface area contributed by atoms with Crippen molar-refractivity contribution in [1.29, 1.82) is 0 Å². The van der Waals surface area contributed by atoms with Crippen LogP contribution in [0.15, 0.2) is 30.5 Å². The van der Waals surface area contributed by atoms with Crippen molar-refractivity contribution in [3.8, 4) is 11.1 Å². The van der Waals surface area contributed by atoms with E-state index < -0.39 is 11.6 Å². The molecule has 2 rings (SSSR count). The lowest BCUT2D eigenvalue weighted by Gasteiger charge is -2.07. The first-order valence-corrected chi connectivity index (χ1v) is 4.75. The van der Waals surface area contributed by atoms with Crippen molar-refractivity contribution in [2.24, 2.45) is 0 Å². The topological polar surface area (TPSA) is 38.9 Å². The molecule has 0 aliphatic rings. The maximum absolute atomic E-state index is 13.5. The van der Waals surface area contributed by atoms with Gasteiger partial charge in [0.2, 0.25) is 0 Å². The van der Waals surface area contributed by atoms with Gasteiger partial charge in [0.25, 0.3) is 0 Å². The number of nitrogens with zero attached hydrogens (tertiary/aromatic N) is 1. The van der Waals surface area contributed by atoms with Gasteiger partial charge in [0.1, 0.15) is 17.5 Å². The molecule has 16 heavy (non-hydrogen) atoms. The second kappa shape index (κ2) is 3.89. The van der Waals surface area contributed by atoms with E-state index in [1.54, 1.807) is 19.2 Å². The van der Waals surface area contributed by atoms with E-state index in [-0.39, 0.29) is 0 Å². The van der Waals surface area contributed by atoms with E-state index in [4.69, 9.17) is 5.73 Å². The Kier molecular flexibility index (Phi) is 2.56. The summed E-state index contributed by atoms with van der Waals surface area (Å²) in [5, 5.41) is 0. The van der Waals surface area contributed by atoms with Crippen LogP contribution >= 0.6 is 0 Å². The van der Waals surface area contributed by atoms with Gasteiger partial charge in [0.05, 0.1) is 0 Å². The zero-order chi connectivity index (χ0) is 11.7. The predicted octanol–water partition coefficient (Wildman–Crippen LogP) is 2.92. The van der Waals surface area contributed by atoms with Gasteiger partial charge in [0.15, 0.2) is 0 Å². The van der Waals surface area contributed by atoms with Crippen LogP contribution in [0.25, 0.3) is 11.1 Å². The molecule has 0 spiro atoms. The van der Waals surface area contributed by atoms with Crippen molar-refractivity contribution in [3.63, 3.8) is 0 Å². The Balaban J connectivity index is 2.62. The molecule has 0 saturated carbocycles. The van der Waals surface area contributed by atoms with Crippen molar-refractivity contribution in [2.75, 3.05) is 5.73 Å². The minimum absolute atomic E-state index is 0.310. The highest BCUT2D eigenvalue weighted by atomic mass is 19.1. The molecule has 0 fully saturated rings. The van der Waals surface area contributed by atoms with Gasteiger partial charge in [-0.1, -0.05) is 0 Å². The molecule has 0 aliphatic carbocycles. The van der Waals surface area contributed by atoms with Crippen molar-refractivity contribution in [1.82, 2.24) is 4.98 Å². The summed E-state index contributed by atoms with van der Waals surface area (Å²) in [4.78, 5) is 3.89. The van der Waals surface area contributed by atoms with Crippen LogP contribution in [0.3, 0.4) is 0 Å². The Hall–Kier alpha value is -1.97. The second-order valence-electron chi connectivity index (χ2n) is 3.55. The summed E-state index contributed by atoms with van der Waals surface area (Å²) in [5.74, 6) is -0.890. The summed E-state index contributed by atoms with van der Waals surface area (Å²) in [5.41, 5.74) is 7.29. The van der Waals surface area contributed by atoms with Gasteiger partial charge in [0, 0.05) is 17.8 Å². The van der Waals surface area contributed by atoms with Crippen molar-refractivity contribution < 1.29 is 8.78 Å². The summed E-state index contributed by atoms with van der Waals surface area (Å²) >= 11 is 0. The quantitative estimate of drug-likeness (QED) is 0.802. The summed E-state index contributed by atoms with van der Waals surface area (Å²) < 4.78 is 26.3. The molecule has 0 atom stereocenters. The number of nitrogens with two attached hydrogens (primary N) is 1. The fourth-order valence-corrected chi connectivity index (χ4v) is 1.54. The molecule has 2 N–H and O–H groups in total. The fourth-order valence-electron chi connectivity index (χ4n) is 1.54. The molecular weight excluding hydrogens is 210 g/mol. The highest BCUT2D eigenvalue weighted by Crippen LogP contribution is 2.27. The van der Waals surface area contributed by atoms with E-state index in [1.807, 2.05) is 0 Å². The molecule has 2 aromatic rings. The van der Waals surface area contributed by atoms with Gasteiger partial charge in [-0.25, -0.2) is 13.8 Å². The van der Waals surface area contributed by atoms with Crippen LogP contribution in [0.2, 0.25) is 0 Å². The Morgan fingerprint density at radius 2 is 1.88 bits per heavy atom. The number of anilines is 1. The van der Waals surface area contributed by atoms with E-state index in [9.17, 15) is 8.78 Å². The molecule has 0 amide bonds. The molecule has 0 saturated heterocycles. The zero-order valence-electron chi connectivity index (χ0n) is 8.67. The summed E-state index contributed by atoms with van der Waals surface area (Å²) in [6.07, 6.45) is 1.56. The lowest BCUT2D eigenvalue weighted by atomic mass is 10.0. The third kappa shape index (κ3) is 1.86. The predicted molar refractivity (Wildman–Crippen MR) is 58.7 cm³/mol. The normalized spacial score (nSPS) is 10.4. The number of benzene rings is 1. The Bertz CT molecular complexity index is 539. The van der Waals surface area contributed by atoms with Crippen LogP contribution in [-0.4, -0.2) is 4.98 Å². The number of halogens is 2. The average Bonchev–Trinajstić information content (AvgIpc) is 2.22. The molecule has 82 valence electrons. The summed E-state index contributed by atoms with van der Waals surface area (Å²) in [7, 11) is 0. The minimum atomic E-state index is -0.603. The summed E-state index contributed by atoms with van der Waals surface area (Å²) in [6, 6.07) is 5.04. The van der Waals surface area contributed by atoms with Crippen molar-refractivity contribution in [2.45, 2.75) is 6.92 Å². The maximum atomic E-state index is 13.5. The number of aryl methyl sites for hydroxylation is 1. The second-order valence-corrected chi connectivity index (χ2v) is 3.55. The number of nitrogen functional groups attached to an aromatic ring is 1. The van der Waals surface area contributed by atoms with Crippen molar-refractivity contribution in [3.05, 3.63) is 47.7 Å².